The summed E-state index contributed by atoms with van der Waals surface area (Å²) >= 11 is 12.2. The van der Waals surface area contributed by atoms with E-state index >= 15 is 0 Å². The molecule has 0 radical (unpaired) electrons. The lowest BCUT2D eigenvalue weighted by atomic mass is 10.0. The lowest BCUT2D eigenvalue weighted by Crippen LogP contribution is -2.28. The van der Waals surface area contributed by atoms with Crippen molar-refractivity contribution < 1.29 is 4.74 Å². The summed E-state index contributed by atoms with van der Waals surface area (Å²) < 4.78 is 5.80. The zero-order chi connectivity index (χ0) is 17.9. The van der Waals surface area contributed by atoms with E-state index < -0.39 is 0 Å². The van der Waals surface area contributed by atoms with Crippen LogP contribution < -0.4 is 10.1 Å². The third-order valence-electron chi connectivity index (χ3n) is 3.93. The molecule has 26 heavy (non-hydrogen) atoms. The van der Waals surface area contributed by atoms with Crippen LogP contribution in [0, 0.1) is 0 Å². The zero-order valence-electron chi connectivity index (χ0n) is 13.6. The Hall–Kier alpha value is -2.63. The lowest BCUT2D eigenvalue weighted by molar-refractivity contribution is 0.375. The molecule has 7 heteroatoms. The number of anilines is 1. The van der Waals surface area contributed by atoms with E-state index in [1.54, 1.807) is 30.6 Å². The Morgan fingerprint density at radius 2 is 1.77 bits per heavy atom. The highest BCUT2D eigenvalue weighted by Crippen LogP contribution is 2.33. The van der Waals surface area contributed by atoms with E-state index in [9.17, 15) is 0 Å². The first-order valence-corrected chi connectivity index (χ1v) is 8.74. The second kappa shape index (κ2) is 7.32. The SMILES string of the molecule is Clc1cccc(OCC2=NC(c3ccccc3)c3nccnc3N2)c1Cl. The highest BCUT2D eigenvalue weighted by molar-refractivity contribution is 6.42. The second-order valence-electron chi connectivity index (χ2n) is 5.64. The Balaban J connectivity index is 1.62. The summed E-state index contributed by atoms with van der Waals surface area (Å²) in [5.41, 5.74) is 1.82. The molecule has 1 aliphatic rings. The molecule has 1 atom stereocenters. The summed E-state index contributed by atoms with van der Waals surface area (Å²) in [6.07, 6.45) is 3.31. The van der Waals surface area contributed by atoms with Crippen molar-refractivity contribution in [3.8, 4) is 5.75 Å². The number of rotatable bonds is 4. The molecule has 0 saturated carbocycles. The molecule has 0 fully saturated rings. The number of aliphatic imine (C=N–C) groups is 1. The first-order valence-electron chi connectivity index (χ1n) is 7.99. The minimum Gasteiger partial charge on any atom is -0.484 e. The maximum atomic E-state index is 6.18. The highest BCUT2D eigenvalue weighted by atomic mass is 35.5. The third-order valence-corrected chi connectivity index (χ3v) is 4.73. The van der Waals surface area contributed by atoms with Gasteiger partial charge in [0.1, 0.15) is 35.0 Å². The van der Waals surface area contributed by atoms with Crippen LogP contribution in [0.5, 0.6) is 5.75 Å². The van der Waals surface area contributed by atoms with Crippen LogP contribution >= 0.6 is 23.2 Å². The van der Waals surface area contributed by atoms with E-state index in [4.69, 9.17) is 32.9 Å². The predicted octanol–water partition coefficient (Wildman–Crippen LogP) is 4.78. The Morgan fingerprint density at radius 3 is 2.62 bits per heavy atom. The summed E-state index contributed by atoms with van der Waals surface area (Å²) in [5.74, 6) is 1.82. The minimum atomic E-state index is -0.241. The Labute approximate surface area is 160 Å². The van der Waals surface area contributed by atoms with Gasteiger partial charge in [-0.2, -0.15) is 0 Å². The molecule has 0 saturated heterocycles. The van der Waals surface area contributed by atoms with Gasteiger partial charge in [-0.3, -0.25) is 9.98 Å². The van der Waals surface area contributed by atoms with Gasteiger partial charge in [0, 0.05) is 12.4 Å². The molecule has 3 aromatic rings. The van der Waals surface area contributed by atoms with Gasteiger partial charge in [0.2, 0.25) is 0 Å². The fourth-order valence-electron chi connectivity index (χ4n) is 2.71. The average Bonchev–Trinajstić information content (AvgIpc) is 2.69. The van der Waals surface area contributed by atoms with Crippen molar-refractivity contribution >= 4 is 34.9 Å². The number of benzene rings is 2. The number of halogens is 2. The van der Waals surface area contributed by atoms with Gasteiger partial charge in [0.15, 0.2) is 5.82 Å². The van der Waals surface area contributed by atoms with Crippen LogP contribution in [-0.4, -0.2) is 22.4 Å². The van der Waals surface area contributed by atoms with Gasteiger partial charge in [0.25, 0.3) is 0 Å². The molecule has 2 heterocycles. The molecule has 1 aliphatic heterocycles. The molecule has 1 aromatic heterocycles. The van der Waals surface area contributed by atoms with Crippen LogP contribution in [0.2, 0.25) is 10.0 Å². The molecule has 1 unspecified atom stereocenters. The number of amidine groups is 1. The fraction of sp³-hybridized carbons (Fsp3) is 0.105. The summed E-state index contributed by atoms with van der Waals surface area (Å²) in [7, 11) is 0. The van der Waals surface area contributed by atoms with E-state index in [1.807, 2.05) is 30.3 Å². The highest BCUT2D eigenvalue weighted by Gasteiger charge is 2.25. The molecule has 2 aromatic carbocycles. The van der Waals surface area contributed by atoms with Crippen molar-refractivity contribution in [2.45, 2.75) is 6.04 Å². The molecular weight excluding hydrogens is 371 g/mol. The maximum Gasteiger partial charge on any atom is 0.155 e. The molecular formula is C19H14Cl2N4O. The van der Waals surface area contributed by atoms with Crippen LogP contribution in [0.15, 0.2) is 65.9 Å². The van der Waals surface area contributed by atoms with Gasteiger partial charge in [-0.15, -0.1) is 0 Å². The largest absolute Gasteiger partial charge is 0.484 e. The predicted molar refractivity (Wildman–Crippen MR) is 103 cm³/mol. The van der Waals surface area contributed by atoms with Crippen molar-refractivity contribution in [2.24, 2.45) is 4.99 Å². The summed E-state index contributed by atoms with van der Waals surface area (Å²) in [6.45, 7) is 0.208. The molecule has 4 rings (SSSR count). The van der Waals surface area contributed by atoms with Crippen molar-refractivity contribution in [1.82, 2.24) is 9.97 Å². The first kappa shape index (κ1) is 16.8. The normalized spacial score (nSPS) is 15.6. The lowest BCUT2D eigenvalue weighted by Gasteiger charge is -2.23. The monoisotopic (exact) mass is 384 g/mol. The number of nitrogens with zero attached hydrogens (tertiary/aromatic N) is 3. The molecule has 0 bridgehead atoms. The smallest absolute Gasteiger partial charge is 0.155 e. The van der Waals surface area contributed by atoms with E-state index in [2.05, 4.69) is 15.3 Å². The van der Waals surface area contributed by atoms with Crippen molar-refractivity contribution in [3.63, 3.8) is 0 Å². The number of aromatic nitrogens is 2. The van der Waals surface area contributed by atoms with Gasteiger partial charge in [0.05, 0.1) is 5.02 Å². The van der Waals surface area contributed by atoms with Gasteiger partial charge >= 0.3 is 0 Å². The van der Waals surface area contributed by atoms with Crippen LogP contribution in [0.4, 0.5) is 5.82 Å². The van der Waals surface area contributed by atoms with Crippen molar-refractivity contribution in [3.05, 3.63) is 82.2 Å². The van der Waals surface area contributed by atoms with Crippen LogP contribution in [0.3, 0.4) is 0 Å². The Morgan fingerprint density at radius 1 is 0.962 bits per heavy atom. The third kappa shape index (κ3) is 3.36. The molecule has 0 spiro atoms. The molecule has 130 valence electrons. The number of fused-ring (bicyclic) bond motifs is 1. The maximum absolute atomic E-state index is 6.18. The Bertz CT molecular complexity index is 963. The minimum absolute atomic E-state index is 0.208. The summed E-state index contributed by atoms with van der Waals surface area (Å²) in [5, 5.41) is 4.00. The standard InChI is InChI=1S/C19H14Cl2N4O/c20-13-7-4-8-14(16(13)21)26-11-15-24-17(12-5-2-1-3-6-12)18-19(25-15)23-10-9-22-18/h1-10,17H,11H2,(H,23,24,25). The first-order chi connectivity index (χ1) is 12.7. The van der Waals surface area contributed by atoms with Gasteiger partial charge in [-0.1, -0.05) is 59.6 Å². The quantitative estimate of drug-likeness (QED) is 0.703. The van der Waals surface area contributed by atoms with Gasteiger partial charge < -0.3 is 10.1 Å². The molecule has 5 nitrogen and oxygen atoms in total. The van der Waals surface area contributed by atoms with E-state index in [0.717, 1.165) is 11.3 Å². The number of ether oxygens (including phenoxy) is 1. The van der Waals surface area contributed by atoms with Gasteiger partial charge in [-0.25, -0.2) is 4.98 Å². The molecule has 0 amide bonds. The number of nitrogens with one attached hydrogen (secondary N) is 1. The molecule has 0 aliphatic carbocycles. The van der Waals surface area contributed by atoms with Crippen molar-refractivity contribution in [1.29, 1.82) is 0 Å². The van der Waals surface area contributed by atoms with E-state index in [-0.39, 0.29) is 12.6 Å². The second-order valence-corrected chi connectivity index (χ2v) is 6.43. The fourth-order valence-corrected chi connectivity index (χ4v) is 3.06. The summed E-state index contributed by atoms with van der Waals surface area (Å²) in [4.78, 5) is 13.6. The van der Waals surface area contributed by atoms with E-state index in [1.165, 1.54) is 0 Å². The van der Waals surface area contributed by atoms with Crippen LogP contribution in [0.1, 0.15) is 17.3 Å². The van der Waals surface area contributed by atoms with Gasteiger partial charge in [-0.05, 0) is 17.7 Å². The number of hydrogen-bond donors (Lipinski definition) is 1. The summed E-state index contributed by atoms with van der Waals surface area (Å²) in [6, 6.07) is 15.0. The van der Waals surface area contributed by atoms with Crippen molar-refractivity contribution in [2.75, 3.05) is 11.9 Å². The van der Waals surface area contributed by atoms with E-state index in [0.29, 0.717) is 27.4 Å². The molecule has 1 N–H and O–H groups in total. The van der Waals surface area contributed by atoms with Crippen LogP contribution in [0.25, 0.3) is 0 Å². The Kier molecular flexibility index (Phi) is 4.73. The zero-order valence-corrected chi connectivity index (χ0v) is 15.1. The topological polar surface area (TPSA) is 59.4 Å². The number of hydrogen-bond acceptors (Lipinski definition) is 5. The van der Waals surface area contributed by atoms with Crippen LogP contribution in [-0.2, 0) is 0 Å². The average molecular weight is 385 g/mol.